The molecule has 1 fully saturated rings. The molecule has 98 valence electrons. The number of pyridine rings is 2. The molecular formula is C15H18N4. The van der Waals surface area contributed by atoms with Crippen LogP contribution < -0.4 is 10.6 Å². The average Bonchev–Trinajstić information content (AvgIpc) is 2.98. The van der Waals surface area contributed by atoms with Crippen molar-refractivity contribution in [3.8, 4) is 0 Å². The molecule has 1 saturated heterocycles. The van der Waals surface area contributed by atoms with Crippen molar-refractivity contribution in [1.29, 1.82) is 0 Å². The maximum atomic E-state index is 5.59. The topological polar surface area (TPSA) is 55.0 Å². The van der Waals surface area contributed by atoms with Crippen LogP contribution in [0.1, 0.15) is 30.1 Å². The maximum Gasteiger partial charge on any atom is 0.0558 e. The fourth-order valence-corrected chi connectivity index (χ4v) is 2.70. The number of anilines is 1. The van der Waals surface area contributed by atoms with E-state index in [4.69, 9.17) is 5.73 Å². The minimum atomic E-state index is 0.416. The minimum Gasteiger partial charge on any atom is -0.363 e. The van der Waals surface area contributed by atoms with Crippen molar-refractivity contribution < 1.29 is 0 Å². The van der Waals surface area contributed by atoms with Crippen LogP contribution >= 0.6 is 0 Å². The second kappa shape index (κ2) is 5.36. The summed E-state index contributed by atoms with van der Waals surface area (Å²) in [5.41, 5.74) is 8.97. The molecular weight excluding hydrogens is 236 g/mol. The second-order valence-electron chi connectivity index (χ2n) is 4.85. The zero-order valence-corrected chi connectivity index (χ0v) is 10.9. The third kappa shape index (κ3) is 2.44. The third-order valence-electron chi connectivity index (χ3n) is 3.67. The second-order valence-corrected chi connectivity index (χ2v) is 4.85. The van der Waals surface area contributed by atoms with Crippen LogP contribution in [0.3, 0.4) is 0 Å². The van der Waals surface area contributed by atoms with Crippen LogP contribution in [0.4, 0.5) is 5.69 Å². The fraction of sp³-hybridized carbons (Fsp3) is 0.333. The molecule has 4 nitrogen and oxygen atoms in total. The molecule has 0 radical (unpaired) electrons. The highest BCUT2D eigenvalue weighted by molar-refractivity contribution is 5.48. The van der Waals surface area contributed by atoms with Crippen molar-refractivity contribution in [1.82, 2.24) is 9.97 Å². The summed E-state index contributed by atoms with van der Waals surface area (Å²) in [7, 11) is 0. The molecule has 0 amide bonds. The van der Waals surface area contributed by atoms with Gasteiger partial charge in [-0.05, 0) is 36.6 Å². The molecule has 4 heteroatoms. The molecule has 1 unspecified atom stereocenters. The van der Waals surface area contributed by atoms with Gasteiger partial charge < -0.3 is 10.6 Å². The minimum absolute atomic E-state index is 0.416. The summed E-state index contributed by atoms with van der Waals surface area (Å²) in [5.74, 6) is 0. The number of rotatable bonds is 3. The van der Waals surface area contributed by atoms with Gasteiger partial charge in [-0.1, -0.05) is 6.07 Å². The van der Waals surface area contributed by atoms with Crippen LogP contribution in [-0.4, -0.2) is 16.5 Å². The Bertz CT molecular complexity index is 524. The Hall–Kier alpha value is -1.94. The highest BCUT2D eigenvalue weighted by Gasteiger charge is 2.26. The standard InChI is InChI=1S/C15H18N4/c16-9-13-5-6-14(11-18-13)19-8-2-4-15(19)12-3-1-7-17-10-12/h1,3,5-7,10-11,15H,2,4,8-9,16H2. The monoisotopic (exact) mass is 254 g/mol. The van der Waals surface area contributed by atoms with Gasteiger partial charge in [0.25, 0.3) is 0 Å². The average molecular weight is 254 g/mol. The maximum absolute atomic E-state index is 5.59. The first-order valence-corrected chi connectivity index (χ1v) is 6.70. The third-order valence-corrected chi connectivity index (χ3v) is 3.67. The zero-order chi connectivity index (χ0) is 13.1. The highest BCUT2D eigenvalue weighted by Crippen LogP contribution is 2.35. The molecule has 0 saturated carbocycles. The van der Waals surface area contributed by atoms with Crippen molar-refractivity contribution in [2.75, 3.05) is 11.4 Å². The summed E-state index contributed by atoms with van der Waals surface area (Å²) in [6.45, 7) is 1.57. The van der Waals surface area contributed by atoms with Gasteiger partial charge in [-0.3, -0.25) is 9.97 Å². The molecule has 0 aromatic carbocycles. The Morgan fingerprint density at radius 3 is 2.89 bits per heavy atom. The lowest BCUT2D eigenvalue weighted by molar-refractivity contribution is 0.714. The van der Waals surface area contributed by atoms with E-state index in [0.29, 0.717) is 12.6 Å². The van der Waals surface area contributed by atoms with E-state index in [2.05, 4.69) is 27.0 Å². The van der Waals surface area contributed by atoms with Crippen molar-refractivity contribution in [2.45, 2.75) is 25.4 Å². The molecule has 3 heterocycles. The Morgan fingerprint density at radius 1 is 1.26 bits per heavy atom. The van der Waals surface area contributed by atoms with E-state index in [-0.39, 0.29) is 0 Å². The Balaban J connectivity index is 1.86. The van der Waals surface area contributed by atoms with Gasteiger partial charge in [0.05, 0.1) is 23.6 Å². The molecule has 19 heavy (non-hydrogen) atoms. The molecule has 0 aliphatic carbocycles. The lowest BCUT2D eigenvalue weighted by Gasteiger charge is -2.26. The summed E-state index contributed by atoms with van der Waals surface area (Å²) in [4.78, 5) is 11.0. The number of hydrogen-bond donors (Lipinski definition) is 1. The largest absolute Gasteiger partial charge is 0.363 e. The lowest BCUT2D eigenvalue weighted by Crippen LogP contribution is -2.22. The van der Waals surface area contributed by atoms with Crippen LogP contribution in [-0.2, 0) is 6.54 Å². The summed E-state index contributed by atoms with van der Waals surface area (Å²) in [6.07, 6.45) is 8.09. The Labute approximate surface area is 113 Å². The van der Waals surface area contributed by atoms with Crippen LogP contribution in [0.15, 0.2) is 42.9 Å². The first-order valence-electron chi connectivity index (χ1n) is 6.70. The van der Waals surface area contributed by atoms with Crippen molar-refractivity contribution >= 4 is 5.69 Å². The number of hydrogen-bond acceptors (Lipinski definition) is 4. The van der Waals surface area contributed by atoms with Gasteiger partial charge in [-0.15, -0.1) is 0 Å². The normalized spacial score (nSPS) is 18.8. The van der Waals surface area contributed by atoms with E-state index in [9.17, 15) is 0 Å². The molecule has 1 atom stereocenters. The first-order chi connectivity index (χ1) is 9.38. The molecule has 1 aliphatic rings. The van der Waals surface area contributed by atoms with Gasteiger partial charge in [0.15, 0.2) is 0 Å². The first kappa shape index (κ1) is 12.1. The quantitative estimate of drug-likeness (QED) is 0.913. The van der Waals surface area contributed by atoms with E-state index >= 15 is 0 Å². The van der Waals surface area contributed by atoms with Crippen LogP contribution in [0.25, 0.3) is 0 Å². The molecule has 0 spiro atoms. The van der Waals surface area contributed by atoms with Crippen LogP contribution in [0, 0.1) is 0 Å². The van der Waals surface area contributed by atoms with Crippen LogP contribution in [0.5, 0.6) is 0 Å². The fourth-order valence-electron chi connectivity index (χ4n) is 2.70. The molecule has 2 aromatic heterocycles. The summed E-state index contributed by atoms with van der Waals surface area (Å²) >= 11 is 0. The van der Waals surface area contributed by atoms with Crippen molar-refractivity contribution in [3.05, 3.63) is 54.1 Å². The molecule has 0 bridgehead atoms. The van der Waals surface area contributed by atoms with Gasteiger partial charge in [-0.25, -0.2) is 0 Å². The molecule has 3 rings (SSSR count). The number of nitrogens with zero attached hydrogens (tertiary/aromatic N) is 3. The van der Waals surface area contributed by atoms with Gasteiger partial charge in [0.1, 0.15) is 0 Å². The molecule has 1 aliphatic heterocycles. The SMILES string of the molecule is NCc1ccc(N2CCCC2c2cccnc2)cn1. The van der Waals surface area contributed by atoms with E-state index in [1.807, 2.05) is 30.7 Å². The smallest absolute Gasteiger partial charge is 0.0558 e. The van der Waals surface area contributed by atoms with Crippen molar-refractivity contribution in [2.24, 2.45) is 5.73 Å². The van der Waals surface area contributed by atoms with E-state index in [1.165, 1.54) is 24.1 Å². The Morgan fingerprint density at radius 2 is 2.21 bits per heavy atom. The van der Waals surface area contributed by atoms with Crippen molar-refractivity contribution in [3.63, 3.8) is 0 Å². The zero-order valence-electron chi connectivity index (χ0n) is 10.9. The summed E-state index contributed by atoms with van der Waals surface area (Å²) < 4.78 is 0. The van der Waals surface area contributed by atoms with Gasteiger partial charge >= 0.3 is 0 Å². The number of aromatic nitrogens is 2. The summed E-state index contributed by atoms with van der Waals surface area (Å²) in [5, 5.41) is 0. The van der Waals surface area contributed by atoms with Gasteiger partial charge in [0.2, 0.25) is 0 Å². The van der Waals surface area contributed by atoms with E-state index in [1.54, 1.807) is 0 Å². The molecule has 2 aromatic rings. The van der Waals surface area contributed by atoms with E-state index in [0.717, 1.165) is 12.2 Å². The predicted octanol–water partition coefficient (Wildman–Crippen LogP) is 2.28. The Kier molecular flexibility index (Phi) is 3.42. The number of nitrogens with two attached hydrogens (primary N) is 1. The van der Waals surface area contributed by atoms with Gasteiger partial charge in [0, 0.05) is 25.5 Å². The summed E-state index contributed by atoms with van der Waals surface area (Å²) in [6, 6.07) is 8.69. The lowest BCUT2D eigenvalue weighted by atomic mass is 10.1. The van der Waals surface area contributed by atoms with Gasteiger partial charge in [-0.2, -0.15) is 0 Å². The predicted molar refractivity (Wildman–Crippen MR) is 75.7 cm³/mol. The van der Waals surface area contributed by atoms with Crippen LogP contribution in [0.2, 0.25) is 0 Å². The van der Waals surface area contributed by atoms with E-state index < -0.39 is 0 Å². The molecule has 2 N–H and O–H groups in total. The highest BCUT2D eigenvalue weighted by atomic mass is 15.2.